The van der Waals surface area contributed by atoms with Crippen LogP contribution in [0, 0.1) is 12.8 Å². The highest BCUT2D eigenvalue weighted by Gasteiger charge is 2.27. The molecule has 3 aromatic heterocycles. The van der Waals surface area contributed by atoms with E-state index in [-0.39, 0.29) is 17.5 Å². The van der Waals surface area contributed by atoms with Gasteiger partial charge in [-0.05, 0) is 56.6 Å². The zero-order valence-electron chi connectivity index (χ0n) is 18.2. The third-order valence-corrected chi connectivity index (χ3v) is 8.08. The van der Waals surface area contributed by atoms with Crippen LogP contribution >= 0.6 is 11.3 Å². The lowest BCUT2D eigenvalue weighted by Gasteiger charge is -2.33. The summed E-state index contributed by atoms with van der Waals surface area (Å²) < 4.78 is 3.70. The number of aromatic nitrogens is 4. The fourth-order valence-electron chi connectivity index (χ4n) is 4.99. The molecule has 164 valence electrons. The number of amides is 1. The second-order valence-electron chi connectivity index (χ2n) is 9.05. The first-order chi connectivity index (χ1) is 15.0. The molecule has 7 nitrogen and oxygen atoms in total. The zero-order chi connectivity index (χ0) is 21.5. The molecule has 31 heavy (non-hydrogen) atoms. The van der Waals surface area contributed by atoms with Crippen LogP contribution < -0.4 is 5.56 Å². The molecule has 8 heteroatoms. The molecule has 3 aromatic rings. The molecule has 0 saturated carbocycles. The first kappa shape index (κ1) is 20.4. The highest BCUT2D eigenvalue weighted by atomic mass is 32.1. The van der Waals surface area contributed by atoms with Crippen molar-refractivity contribution in [2.75, 3.05) is 13.1 Å². The van der Waals surface area contributed by atoms with E-state index in [2.05, 4.69) is 17.0 Å². The van der Waals surface area contributed by atoms with E-state index in [1.807, 2.05) is 27.1 Å². The van der Waals surface area contributed by atoms with Crippen molar-refractivity contribution in [3.05, 3.63) is 45.1 Å². The van der Waals surface area contributed by atoms with Crippen molar-refractivity contribution >= 4 is 27.5 Å². The van der Waals surface area contributed by atoms with E-state index in [1.165, 1.54) is 10.4 Å². The molecule has 1 aliphatic heterocycles. The molecule has 0 bridgehead atoms. The standard InChI is InChI=1S/C23H29N5O2S/c1-15-3-4-18-19(13-15)31-22-21(18)23(30)27(14-24-22)17-6-10-26(11-7-17)20(29)8-12-28-16(2)5-9-25-28/h5,9,14-15,17H,3-4,6-8,10-13H2,1-2H3/t15-/m0/s1. The predicted molar refractivity (Wildman–Crippen MR) is 122 cm³/mol. The first-order valence-corrected chi connectivity index (χ1v) is 12.1. The highest BCUT2D eigenvalue weighted by molar-refractivity contribution is 7.18. The normalized spacial score (nSPS) is 19.7. The fraction of sp³-hybridized carbons (Fsp3) is 0.565. The van der Waals surface area contributed by atoms with Gasteiger partial charge in [-0.15, -0.1) is 11.3 Å². The van der Waals surface area contributed by atoms with Crippen LogP contribution in [0.25, 0.3) is 10.2 Å². The van der Waals surface area contributed by atoms with Crippen LogP contribution in [0.15, 0.2) is 23.4 Å². The first-order valence-electron chi connectivity index (χ1n) is 11.3. The minimum absolute atomic E-state index is 0.107. The number of carbonyl (C=O) groups excluding carboxylic acids is 1. The van der Waals surface area contributed by atoms with E-state index in [4.69, 9.17) is 0 Å². The van der Waals surface area contributed by atoms with Crippen LogP contribution in [-0.2, 0) is 24.2 Å². The van der Waals surface area contributed by atoms with Gasteiger partial charge in [0.05, 0.1) is 11.7 Å². The SMILES string of the molecule is Cc1ccnn1CCC(=O)N1CCC(n2cnc3sc4c(c3c2=O)CC[C@H](C)C4)CC1. The van der Waals surface area contributed by atoms with Crippen LogP contribution in [0.3, 0.4) is 0 Å². The number of aryl methyl sites for hydroxylation is 3. The van der Waals surface area contributed by atoms with Gasteiger partial charge >= 0.3 is 0 Å². The molecule has 4 heterocycles. The Hall–Kier alpha value is -2.48. The van der Waals surface area contributed by atoms with Crippen LogP contribution in [0.5, 0.6) is 0 Å². The van der Waals surface area contributed by atoms with Crippen molar-refractivity contribution in [3.63, 3.8) is 0 Å². The Labute approximate surface area is 185 Å². The minimum Gasteiger partial charge on any atom is -0.342 e. The molecule has 1 aliphatic carbocycles. The molecule has 1 amide bonds. The molecule has 0 aromatic carbocycles. The summed E-state index contributed by atoms with van der Waals surface area (Å²) >= 11 is 1.70. The van der Waals surface area contributed by atoms with E-state index in [1.54, 1.807) is 23.9 Å². The van der Waals surface area contributed by atoms with Crippen molar-refractivity contribution in [2.24, 2.45) is 5.92 Å². The number of fused-ring (bicyclic) bond motifs is 3. The fourth-order valence-corrected chi connectivity index (χ4v) is 6.33. The van der Waals surface area contributed by atoms with Crippen LogP contribution in [0.1, 0.15) is 54.8 Å². The number of piperidine rings is 1. The molecular formula is C23H29N5O2S. The van der Waals surface area contributed by atoms with Crippen molar-refractivity contribution in [2.45, 2.75) is 65.0 Å². The number of hydrogen-bond donors (Lipinski definition) is 0. The molecule has 5 rings (SSSR count). The molecule has 0 spiro atoms. The summed E-state index contributed by atoms with van der Waals surface area (Å²) in [5.74, 6) is 0.845. The van der Waals surface area contributed by atoms with E-state index < -0.39 is 0 Å². The topological polar surface area (TPSA) is 73.0 Å². The summed E-state index contributed by atoms with van der Waals surface area (Å²) in [6, 6.07) is 2.06. The second-order valence-corrected chi connectivity index (χ2v) is 10.1. The highest BCUT2D eigenvalue weighted by Crippen LogP contribution is 2.36. The van der Waals surface area contributed by atoms with Crippen LogP contribution in [-0.4, -0.2) is 43.2 Å². The minimum atomic E-state index is 0.107. The molecule has 0 unspecified atom stereocenters. The monoisotopic (exact) mass is 439 g/mol. The van der Waals surface area contributed by atoms with E-state index in [0.29, 0.717) is 32.0 Å². The average molecular weight is 440 g/mol. The molecule has 2 aliphatic rings. The van der Waals surface area contributed by atoms with Gasteiger partial charge in [0.1, 0.15) is 4.83 Å². The van der Waals surface area contributed by atoms with Gasteiger partial charge in [0.2, 0.25) is 5.91 Å². The second kappa shape index (κ2) is 8.22. The molecule has 1 fully saturated rings. The van der Waals surface area contributed by atoms with Gasteiger partial charge in [-0.1, -0.05) is 6.92 Å². The van der Waals surface area contributed by atoms with Gasteiger partial charge in [0, 0.05) is 48.9 Å². The van der Waals surface area contributed by atoms with Crippen LogP contribution in [0.2, 0.25) is 0 Å². The van der Waals surface area contributed by atoms with E-state index in [0.717, 1.165) is 48.0 Å². The van der Waals surface area contributed by atoms with Gasteiger partial charge in [-0.25, -0.2) is 4.98 Å². The number of nitrogens with zero attached hydrogens (tertiary/aromatic N) is 5. The zero-order valence-corrected chi connectivity index (χ0v) is 19.0. The Morgan fingerprint density at radius 1 is 1.26 bits per heavy atom. The average Bonchev–Trinajstić information content (AvgIpc) is 3.35. The third-order valence-electron chi connectivity index (χ3n) is 6.92. The maximum Gasteiger partial charge on any atom is 0.262 e. The summed E-state index contributed by atoms with van der Waals surface area (Å²) in [4.78, 5) is 34.8. The maximum atomic E-state index is 13.4. The van der Waals surface area contributed by atoms with E-state index in [9.17, 15) is 9.59 Å². The van der Waals surface area contributed by atoms with Crippen molar-refractivity contribution in [1.82, 2.24) is 24.2 Å². The Balaban J connectivity index is 1.27. The molecule has 1 atom stereocenters. The number of likely N-dealkylation sites (tertiary alicyclic amines) is 1. The lowest BCUT2D eigenvalue weighted by molar-refractivity contribution is -0.132. The summed E-state index contributed by atoms with van der Waals surface area (Å²) in [6.45, 7) is 6.26. The molecule has 0 N–H and O–H groups in total. The lowest BCUT2D eigenvalue weighted by Crippen LogP contribution is -2.41. The Kier molecular flexibility index (Phi) is 5.42. The summed E-state index contributed by atoms with van der Waals surface area (Å²) in [7, 11) is 0. The van der Waals surface area contributed by atoms with Gasteiger partial charge in [0.15, 0.2) is 0 Å². The van der Waals surface area contributed by atoms with Gasteiger partial charge < -0.3 is 4.90 Å². The van der Waals surface area contributed by atoms with E-state index >= 15 is 0 Å². The predicted octanol–water partition coefficient (Wildman–Crippen LogP) is 3.34. The molecule has 0 radical (unpaired) electrons. The van der Waals surface area contributed by atoms with Crippen molar-refractivity contribution in [3.8, 4) is 0 Å². The summed E-state index contributed by atoms with van der Waals surface area (Å²) in [5, 5.41) is 5.10. The van der Waals surface area contributed by atoms with Gasteiger partial charge in [-0.2, -0.15) is 5.10 Å². The van der Waals surface area contributed by atoms with Crippen LogP contribution in [0.4, 0.5) is 0 Å². The molecule has 1 saturated heterocycles. The van der Waals surface area contributed by atoms with Gasteiger partial charge in [0.25, 0.3) is 5.56 Å². The largest absolute Gasteiger partial charge is 0.342 e. The Morgan fingerprint density at radius 3 is 2.81 bits per heavy atom. The Morgan fingerprint density at radius 2 is 2.06 bits per heavy atom. The number of hydrogen-bond acceptors (Lipinski definition) is 5. The van der Waals surface area contributed by atoms with Gasteiger partial charge in [-0.3, -0.25) is 18.8 Å². The van der Waals surface area contributed by atoms with Crippen molar-refractivity contribution < 1.29 is 4.79 Å². The number of carbonyl (C=O) groups is 1. The molecular weight excluding hydrogens is 410 g/mol. The summed E-state index contributed by atoms with van der Waals surface area (Å²) in [6.07, 6.45) is 8.74. The van der Waals surface area contributed by atoms with Crippen molar-refractivity contribution in [1.29, 1.82) is 0 Å². The third kappa shape index (κ3) is 3.82. The number of thiophene rings is 1. The quantitative estimate of drug-likeness (QED) is 0.625. The smallest absolute Gasteiger partial charge is 0.262 e. The lowest BCUT2D eigenvalue weighted by atomic mass is 9.89. The summed E-state index contributed by atoms with van der Waals surface area (Å²) in [5.41, 5.74) is 2.42. The Bertz CT molecular complexity index is 1170. The maximum absolute atomic E-state index is 13.4. The number of rotatable bonds is 4.